The molecule has 2 aromatic heterocycles. The number of nitrogens with zero attached hydrogens (tertiary/aromatic N) is 1. The van der Waals surface area contributed by atoms with E-state index in [0.717, 1.165) is 26.1 Å². The second-order valence-corrected chi connectivity index (χ2v) is 5.49. The quantitative estimate of drug-likeness (QED) is 0.535. The summed E-state index contributed by atoms with van der Waals surface area (Å²) in [7, 11) is 0. The van der Waals surface area contributed by atoms with Crippen molar-refractivity contribution in [1.29, 1.82) is 5.41 Å². The number of fused-ring (bicyclic) bond motifs is 1. The molecule has 3 N–H and O–H groups in total. The number of hydrogen-bond donors (Lipinski definition) is 2. The van der Waals surface area contributed by atoms with Crippen LogP contribution >= 0.6 is 36.2 Å². The van der Waals surface area contributed by atoms with Crippen LogP contribution in [-0.4, -0.2) is 10.8 Å². The number of amidine groups is 1. The molecule has 3 rings (SSSR count). The van der Waals surface area contributed by atoms with Gasteiger partial charge in [0.15, 0.2) is 0 Å². The Kier molecular flexibility index (Phi) is 6.56. The van der Waals surface area contributed by atoms with Gasteiger partial charge in [0.1, 0.15) is 5.84 Å². The molecule has 3 aromatic rings. The highest BCUT2D eigenvalue weighted by atomic mass is 35.5. The van der Waals surface area contributed by atoms with Crippen LogP contribution in [0.2, 0.25) is 0 Å². The Morgan fingerprint density at radius 3 is 2.64 bits per heavy atom. The third-order valence-corrected chi connectivity index (χ3v) is 4.13. The van der Waals surface area contributed by atoms with Crippen LogP contribution in [0.15, 0.2) is 48.8 Å². The fourth-order valence-electron chi connectivity index (χ4n) is 2.02. The van der Waals surface area contributed by atoms with Crippen molar-refractivity contribution >= 4 is 64.2 Å². The summed E-state index contributed by atoms with van der Waals surface area (Å²) in [6, 6.07) is 12.0. The number of nitrogen functional groups attached to an aromatic ring is 1. The Morgan fingerprint density at radius 1 is 1.14 bits per heavy atom. The monoisotopic (exact) mass is 351 g/mol. The third-order valence-electron chi connectivity index (χ3n) is 3.00. The van der Waals surface area contributed by atoms with Crippen LogP contribution in [0.5, 0.6) is 0 Å². The Morgan fingerprint density at radius 2 is 1.95 bits per heavy atom. The van der Waals surface area contributed by atoms with E-state index in [4.69, 9.17) is 11.1 Å². The molecule has 0 bridgehead atoms. The first kappa shape index (κ1) is 18.2. The first-order valence-corrected chi connectivity index (χ1v) is 7.01. The third kappa shape index (κ3) is 3.85. The van der Waals surface area contributed by atoms with Gasteiger partial charge in [-0.15, -0.1) is 36.2 Å². The normalized spacial score (nSPS) is 10.2. The number of nitrogens with two attached hydrogens (primary N) is 1. The predicted octanol–water partition coefficient (Wildman–Crippen LogP) is 4.59. The van der Waals surface area contributed by atoms with E-state index in [1.54, 1.807) is 17.5 Å². The van der Waals surface area contributed by atoms with Crippen molar-refractivity contribution in [3.05, 3.63) is 64.8 Å². The summed E-state index contributed by atoms with van der Waals surface area (Å²) in [5.41, 5.74) is 7.74. The number of pyridine rings is 1. The van der Waals surface area contributed by atoms with E-state index in [1.165, 1.54) is 0 Å². The van der Waals surface area contributed by atoms with E-state index < -0.39 is 0 Å². The van der Waals surface area contributed by atoms with Gasteiger partial charge >= 0.3 is 0 Å². The summed E-state index contributed by atoms with van der Waals surface area (Å²) in [5, 5.41) is 8.66. The lowest BCUT2D eigenvalue weighted by Gasteiger charge is -1.96. The smallest absolute Gasteiger partial charge is 0.133 e. The number of hydrogen-bond acceptors (Lipinski definition) is 3. The molecule has 22 heavy (non-hydrogen) atoms. The zero-order valence-corrected chi connectivity index (χ0v) is 14.0. The minimum Gasteiger partial charge on any atom is -0.383 e. The van der Waals surface area contributed by atoms with Gasteiger partial charge in [0.05, 0.1) is 4.88 Å². The van der Waals surface area contributed by atoms with Crippen LogP contribution in [0.1, 0.15) is 16.0 Å². The molecule has 0 radical (unpaired) electrons. The van der Waals surface area contributed by atoms with Crippen LogP contribution in [0.25, 0.3) is 22.2 Å². The number of rotatable bonds is 3. The first-order valence-electron chi connectivity index (χ1n) is 6.19. The molecule has 0 saturated heterocycles. The average Bonchev–Trinajstić information content (AvgIpc) is 2.91. The first-order chi connectivity index (χ1) is 9.74. The average molecular weight is 352 g/mol. The van der Waals surface area contributed by atoms with E-state index in [1.807, 2.05) is 42.6 Å². The lowest BCUT2D eigenvalue weighted by molar-refractivity contribution is 1.32. The number of nitrogens with one attached hydrogen (secondary N) is 1. The SMILES string of the molecule is Cl.Cl.N=C(N)c1cc2c(C=Cc3cccnc3)cccc2s1. The highest BCUT2D eigenvalue weighted by Gasteiger charge is 2.06. The highest BCUT2D eigenvalue weighted by molar-refractivity contribution is 7.20. The molecule has 0 unspecified atom stereocenters. The lowest BCUT2D eigenvalue weighted by Crippen LogP contribution is -2.08. The minimum absolute atomic E-state index is 0. The van der Waals surface area contributed by atoms with Gasteiger partial charge in [-0.25, -0.2) is 0 Å². The second kappa shape index (κ2) is 7.94. The maximum absolute atomic E-state index is 7.54. The summed E-state index contributed by atoms with van der Waals surface area (Å²) >= 11 is 1.55. The molecular weight excluding hydrogens is 337 g/mol. The van der Waals surface area contributed by atoms with Gasteiger partial charge in [-0.1, -0.05) is 30.4 Å². The molecule has 114 valence electrons. The number of benzene rings is 1. The van der Waals surface area contributed by atoms with Crippen molar-refractivity contribution < 1.29 is 0 Å². The molecule has 3 nitrogen and oxygen atoms in total. The molecular formula is C16H15Cl2N3S. The van der Waals surface area contributed by atoms with E-state index in [0.29, 0.717) is 0 Å². The maximum Gasteiger partial charge on any atom is 0.133 e. The summed E-state index contributed by atoms with van der Waals surface area (Å²) in [6.07, 6.45) is 7.68. The molecule has 6 heteroatoms. The van der Waals surface area contributed by atoms with E-state index in [9.17, 15) is 0 Å². The van der Waals surface area contributed by atoms with E-state index >= 15 is 0 Å². The van der Waals surface area contributed by atoms with Crippen molar-refractivity contribution in [3.63, 3.8) is 0 Å². The summed E-state index contributed by atoms with van der Waals surface area (Å²) in [4.78, 5) is 4.90. The van der Waals surface area contributed by atoms with Crippen LogP contribution in [0, 0.1) is 5.41 Å². The standard InChI is InChI=1S/C16H13N3S.2ClH/c17-16(18)15-9-13-12(4-1-5-14(13)20-15)7-6-11-3-2-8-19-10-11;;/h1-10H,(H3,17,18);2*1H. The second-order valence-electron chi connectivity index (χ2n) is 4.40. The van der Waals surface area contributed by atoms with Gasteiger partial charge < -0.3 is 5.73 Å². The molecule has 1 aromatic carbocycles. The largest absolute Gasteiger partial charge is 0.383 e. The van der Waals surface area contributed by atoms with E-state index in [-0.39, 0.29) is 30.6 Å². The van der Waals surface area contributed by atoms with Gasteiger partial charge in [-0.2, -0.15) is 0 Å². The van der Waals surface area contributed by atoms with E-state index in [2.05, 4.69) is 17.1 Å². The van der Waals surface area contributed by atoms with Crippen molar-refractivity contribution in [2.24, 2.45) is 5.73 Å². The van der Waals surface area contributed by atoms with Crippen LogP contribution in [-0.2, 0) is 0 Å². The topological polar surface area (TPSA) is 62.8 Å². The lowest BCUT2D eigenvalue weighted by atomic mass is 10.1. The van der Waals surface area contributed by atoms with Gasteiger partial charge in [0.2, 0.25) is 0 Å². The van der Waals surface area contributed by atoms with Crippen LogP contribution in [0.3, 0.4) is 0 Å². The Labute approximate surface area is 145 Å². The predicted molar refractivity (Wildman–Crippen MR) is 101 cm³/mol. The molecule has 0 aliphatic rings. The molecule has 0 atom stereocenters. The number of aromatic nitrogens is 1. The zero-order chi connectivity index (χ0) is 13.9. The zero-order valence-electron chi connectivity index (χ0n) is 11.5. The molecule has 2 heterocycles. The Hall–Kier alpha value is -1.88. The maximum atomic E-state index is 7.54. The number of thiophene rings is 1. The van der Waals surface area contributed by atoms with Gasteiger partial charge in [-0.05, 0) is 29.3 Å². The summed E-state index contributed by atoms with van der Waals surface area (Å²) in [6.45, 7) is 0. The number of halogens is 2. The minimum atomic E-state index is 0. The van der Waals surface area contributed by atoms with Gasteiger partial charge in [-0.3, -0.25) is 10.4 Å². The molecule has 0 amide bonds. The van der Waals surface area contributed by atoms with Crippen molar-refractivity contribution in [1.82, 2.24) is 4.98 Å². The summed E-state index contributed by atoms with van der Waals surface area (Å²) in [5.74, 6) is 0.119. The molecule has 0 aliphatic carbocycles. The van der Waals surface area contributed by atoms with Crippen molar-refractivity contribution in [2.75, 3.05) is 0 Å². The molecule has 0 spiro atoms. The van der Waals surface area contributed by atoms with Crippen molar-refractivity contribution in [3.8, 4) is 0 Å². The fourth-order valence-corrected chi connectivity index (χ4v) is 2.98. The highest BCUT2D eigenvalue weighted by Crippen LogP contribution is 2.29. The van der Waals surface area contributed by atoms with Gasteiger partial charge in [0, 0.05) is 22.5 Å². The Bertz CT molecular complexity index is 798. The van der Waals surface area contributed by atoms with Crippen LogP contribution in [0.4, 0.5) is 0 Å². The van der Waals surface area contributed by atoms with Gasteiger partial charge in [0.25, 0.3) is 0 Å². The Balaban J connectivity index is 0.00000121. The molecule has 0 aliphatic heterocycles. The molecule has 0 saturated carbocycles. The fraction of sp³-hybridized carbons (Fsp3) is 0. The molecule has 0 fully saturated rings. The van der Waals surface area contributed by atoms with Crippen molar-refractivity contribution in [2.45, 2.75) is 0 Å². The van der Waals surface area contributed by atoms with Crippen LogP contribution < -0.4 is 5.73 Å². The summed E-state index contributed by atoms with van der Waals surface area (Å²) < 4.78 is 1.14.